The summed E-state index contributed by atoms with van der Waals surface area (Å²) in [6, 6.07) is 12.7. The maximum Gasteiger partial charge on any atom is 0.0922 e. The van der Waals surface area contributed by atoms with E-state index in [1.54, 1.807) is 18.1 Å². The molecule has 5 nitrogen and oxygen atoms in total. The number of nitrogens with one attached hydrogen (secondary N) is 2. The zero-order valence-corrected chi connectivity index (χ0v) is 17.6. The molecule has 1 aromatic heterocycles. The van der Waals surface area contributed by atoms with Gasteiger partial charge in [0.1, 0.15) is 0 Å². The van der Waals surface area contributed by atoms with Crippen molar-refractivity contribution in [1.82, 2.24) is 14.9 Å². The number of anilines is 3. The van der Waals surface area contributed by atoms with Crippen molar-refractivity contribution in [2.45, 2.75) is 22.8 Å². The van der Waals surface area contributed by atoms with E-state index in [4.69, 9.17) is 11.6 Å². The van der Waals surface area contributed by atoms with Crippen LogP contribution in [0.15, 0.2) is 58.7 Å². The van der Waals surface area contributed by atoms with Gasteiger partial charge in [-0.2, -0.15) is 0 Å². The Morgan fingerprint density at radius 1 is 1.14 bits per heavy atom. The average molecular weight is 414 g/mol. The largest absolute Gasteiger partial charge is 0.379 e. The molecule has 0 radical (unpaired) electrons. The lowest BCUT2D eigenvalue weighted by Crippen LogP contribution is -2.25. The summed E-state index contributed by atoms with van der Waals surface area (Å²) in [5.74, 6) is 0. The highest BCUT2D eigenvalue weighted by atomic mass is 35.5. The Balaban J connectivity index is 1.59. The van der Waals surface area contributed by atoms with Crippen LogP contribution in [0.4, 0.5) is 17.1 Å². The number of aromatic amines is 1. The minimum atomic E-state index is 0.724. The maximum atomic E-state index is 6.31. The van der Waals surface area contributed by atoms with Crippen molar-refractivity contribution < 1.29 is 0 Å². The van der Waals surface area contributed by atoms with Crippen LogP contribution in [0.5, 0.6) is 0 Å². The molecule has 1 aliphatic heterocycles. The fourth-order valence-electron chi connectivity index (χ4n) is 3.33. The van der Waals surface area contributed by atoms with Gasteiger partial charge in [-0.15, -0.1) is 0 Å². The monoisotopic (exact) mass is 413 g/mol. The van der Waals surface area contributed by atoms with E-state index in [1.807, 2.05) is 12.3 Å². The van der Waals surface area contributed by atoms with Crippen molar-refractivity contribution in [2.24, 2.45) is 0 Å². The minimum absolute atomic E-state index is 0.724. The van der Waals surface area contributed by atoms with Gasteiger partial charge in [0.15, 0.2) is 0 Å². The Kier molecular flexibility index (Phi) is 5.80. The maximum absolute atomic E-state index is 6.31. The highest BCUT2D eigenvalue weighted by molar-refractivity contribution is 7.99. The number of halogens is 1. The molecule has 0 aliphatic carbocycles. The first kappa shape index (κ1) is 19.2. The van der Waals surface area contributed by atoms with Gasteiger partial charge in [-0.25, -0.2) is 4.98 Å². The molecule has 0 saturated carbocycles. The highest BCUT2D eigenvalue weighted by Crippen LogP contribution is 2.49. The minimum Gasteiger partial charge on any atom is -0.379 e. The Morgan fingerprint density at radius 3 is 2.82 bits per heavy atom. The van der Waals surface area contributed by atoms with Gasteiger partial charge in [0.25, 0.3) is 0 Å². The number of imidazole rings is 1. The number of H-pyrrole nitrogens is 1. The molecule has 28 heavy (non-hydrogen) atoms. The van der Waals surface area contributed by atoms with Crippen LogP contribution in [0, 0.1) is 0 Å². The molecule has 0 bridgehead atoms. The van der Waals surface area contributed by atoms with Crippen LogP contribution in [0.1, 0.15) is 12.1 Å². The molecule has 2 N–H and O–H groups in total. The summed E-state index contributed by atoms with van der Waals surface area (Å²) in [5, 5.41) is 4.25. The van der Waals surface area contributed by atoms with Crippen molar-refractivity contribution in [3.05, 3.63) is 59.6 Å². The van der Waals surface area contributed by atoms with E-state index >= 15 is 0 Å². The molecule has 2 aromatic carbocycles. The predicted molar refractivity (Wildman–Crippen MR) is 118 cm³/mol. The van der Waals surface area contributed by atoms with Gasteiger partial charge in [0.2, 0.25) is 0 Å². The van der Waals surface area contributed by atoms with Gasteiger partial charge in [-0.1, -0.05) is 23.4 Å². The lowest BCUT2D eigenvalue weighted by molar-refractivity contribution is 0.402. The van der Waals surface area contributed by atoms with Crippen LogP contribution in [-0.2, 0) is 6.54 Å². The first-order chi connectivity index (χ1) is 13.6. The van der Waals surface area contributed by atoms with Crippen molar-refractivity contribution >= 4 is 40.4 Å². The molecule has 0 spiro atoms. The van der Waals surface area contributed by atoms with Gasteiger partial charge in [0.05, 0.1) is 29.9 Å². The summed E-state index contributed by atoms with van der Waals surface area (Å²) < 4.78 is 0. The van der Waals surface area contributed by atoms with Crippen LogP contribution in [0.2, 0.25) is 5.02 Å². The molecule has 0 atom stereocenters. The predicted octanol–water partition coefficient (Wildman–Crippen LogP) is 5.23. The molecule has 0 fully saturated rings. The average Bonchev–Trinajstić information content (AvgIpc) is 3.19. The van der Waals surface area contributed by atoms with Crippen LogP contribution < -0.4 is 10.2 Å². The van der Waals surface area contributed by atoms with Crippen molar-refractivity contribution in [2.75, 3.05) is 37.4 Å². The number of hydrogen-bond donors (Lipinski definition) is 2. The molecule has 0 saturated heterocycles. The lowest BCUT2D eigenvalue weighted by atomic mass is 10.2. The molecule has 1 aliphatic rings. The number of benzene rings is 2. The number of fused-ring (bicyclic) bond motifs is 2. The van der Waals surface area contributed by atoms with Gasteiger partial charge in [-0.3, -0.25) is 0 Å². The van der Waals surface area contributed by atoms with E-state index in [1.165, 1.54) is 21.2 Å². The second-order valence-electron chi connectivity index (χ2n) is 7.14. The van der Waals surface area contributed by atoms with Crippen LogP contribution >= 0.6 is 23.4 Å². The SMILES string of the molecule is CN(C)CCCN1c2ccc(NCc3cnc[nH]3)cc2Sc2ccc(Cl)cc21. The molecule has 2 heterocycles. The van der Waals surface area contributed by atoms with E-state index in [2.05, 4.69) is 69.5 Å². The molecular weight excluding hydrogens is 390 g/mol. The second-order valence-corrected chi connectivity index (χ2v) is 8.66. The fraction of sp³-hybridized carbons (Fsp3) is 0.286. The summed E-state index contributed by atoms with van der Waals surface area (Å²) >= 11 is 8.11. The summed E-state index contributed by atoms with van der Waals surface area (Å²) in [4.78, 5) is 14.3. The molecule has 4 rings (SSSR count). The summed E-state index contributed by atoms with van der Waals surface area (Å²) in [5.41, 5.74) is 4.61. The van der Waals surface area contributed by atoms with E-state index in [9.17, 15) is 0 Å². The molecule has 0 unspecified atom stereocenters. The van der Waals surface area contributed by atoms with Gasteiger partial charge < -0.3 is 20.1 Å². The molecule has 7 heteroatoms. The first-order valence-electron chi connectivity index (χ1n) is 9.35. The summed E-state index contributed by atoms with van der Waals surface area (Å²) in [6.07, 6.45) is 4.63. The Bertz CT molecular complexity index is 942. The van der Waals surface area contributed by atoms with Gasteiger partial charge in [0, 0.05) is 33.2 Å². The normalized spacial score (nSPS) is 12.8. The third-order valence-electron chi connectivity index (χ3n) is 4.71. The van der Waals surface area contributed by atoms with Crippen LogP contribution in [0.3, 0.4) is 0 Å². The van der Waals surface area contributed by atoms with Gasteiger partial charge in [-0.05, 0) is 63.5 Å². The Hall–Kier alpha value is -2.15. The molecule has 146 valence electrons. The molecule has 3 aromatic rings. The topological polar surface area (TPSA) is 47.2 Å². The van der Waals surface area contributed by atoms with E-state index < -0.39 is 0 Å². The number of aromatic nitrogens is 2. The van der Waals surface area contributed by atoms with Crippen molar-refractivity contribution in [1.29, 1.82) is 0 Å². The number of hydrogen-bond acceptors (Lipinski definition) is 5. The fourth-order valence-corrected chi connectivity index (χ4v) is 4.61. The smallest absolute Gasteiger partial charge is 0.0922 e. The van der Waals surface area contributed by atoms with Crippen LogP contribution in [0.25, 0.3) is 0 Å². The number of rotatable bonds is 7. The summed E-state index contributed by atoms with van der Waals surface area (Å²) in [7, 11) is 4.23. The number of nitrogens with zero attached hydrogens (tertiary/aromatic N) is 3. The van der Waals surface area contributed by atoms with E-state index in [0.29, 0.717) is 0 Å². The molecule has 0 amide bonds. The van der Waals surface area contributed by atoms with E-state index in [-0.39, 0.29) is 0 Å². The van der Waals surface area contributed by atoms with Crippen molar-refractivity contribution in [3.8, 4) is 0 Å². The summed E-state index contributed by atoms with van der Waals surface area (Å²) in [6.45, 7) is 2.74. The van der Waals surface area contributed by atoms with Crippen LogP contribution in [-0.4, -0.2) is 42.1 Å². The Labute approximate surface area is 175 Å². The molecular formula is C21H24ClN5S. The Morgan fingerprint density at radius 2 is 2.04 bits per heavy atom. The van der Waals surface area contributed by atoms with Crippen molar-refractivity contribution in [3.63, 3.8) is 0 Å². The lowest BCUT2D eigenvalue weighted by Gasteiger charge is -2.33. The third kappa shape index (κ3) is 4.29. The zero-order valence-electron chi connectivity index (χ0n) is 16.1. The standard InChI is InChI=1S/C21H24ClN5S/c1-26(2)8-3-9-27-18-6-5-16(24-13-17-12-23-14-25-17)11-21(18)28-20-7-4-15(22)10-19(20)27/h4-7,10-12,14,24H,3,8-9,13H2,1-2H3,(H,23,25). The van der Waals surface area contributed by atoms with E-state index in [0.717, 1.165) is 42.5 Å². The first-order valence-corrected chi connectivity index (χ1v) is 10.5. The quantitative estimate of drug-likeness (QED) is 0.555. The highest BCUT2D eigenvalue weighted by Gasteiger charge is 2.23. The third-order valence-corrected chi connectivity index (χ3v) is 6.05. The zero-order chi connectivity index (χ0) is 19.5. The van der Waals surface area contributed by atoms with Gasteiger partial charge >= 0.3 is 0 Å². The second kappa shape index (κ2) is 8.47.